The Kier molecular flexibility index (Phi) is 7.43. The fraction of sp³-hybridized carbons (Fsp3) is 0.625. The van der Waals surface area contributed by atoms with E-state index in [0.717, 1.165) is 10.8 Å². The summed E-state index contributed by atoms with van der Waals surface area (Å²) >= 11 is 4.30. The molecule has 0 aliphatic carbocycles. The van der Waals surface area contributed by atoms with Gasteiger partial charge in [0.2, 0.25) is 0 Å². The van der Waals surface area contributed by atoms with E-state index in [1.165, 1.54) is 50.5 Å². The third kappa shape index (κ3) is 6.78. The molecule has 0 saturated carbocycles. The van der Waals surface area contributed by atoms with Crippen LogP contribution in [0.5, 0.6) is 0 Å². The smallest absolute Gasteiger partial charge is 0.00401 e. The summed E-state index contributed by atoms with van der Waals surface area (Å²) in [7, 11) is 0. The molecule has 96 valence electrons. The van der Waals surface area contributed by atoms with Crippen LogP contribution in [0.4, 0.5) is 0 Å². The summed E-state index contributed by atoms with van der Waals surface area (Å²) in [5, 5.41) is 0. The van der Waals surface area contributed by atoms with Gasteiger partial charge < -0.3 is 0 Å². The summed E-state index contributed by atoms with van der Waals surface area (Å²) in [4.78, 5) is 1.06. The van der Waals surface area contributed by atoms with Gasteiger partial charge in [-0.05, 0) is 36.5 Å². The van der Waals surface area contributed by atoms with E-state index in [0.29, 0.717) is 0 Å². The number of hydrogen-bond donors (Lipinski definition) is 1. The molecule has 1 atom stereocenters. The predicted molar refractivity (Wildman–Crippen MR) is 79.9 cm³/mol. The molecule has 1 aromatic rings. The number of aryl methyl sites for hydroxylation is 1. The highest BCUT2D eigenvalue weighted by atomic mass is 32.1. The molecule has 0 saturated heterocycles. The lowest BCUT2D eigenvalue weighted by molar-refractivity contribution is 0.450. The summed E-state index contributed by atoms with van der Waals surface area (Å²) in [6, 6.07) is 8.57. The van der Waals surface area contributed by atoms with E-state index in [1.54, 1.807) is 0 Å². The van der Waals surface area contributed by atoms with Gasteiger partial charge in [-0.1, -0.05) is 58.1 Å². The lowest BCUT2D eigenvalue weighted by Gasteiger charge is -2.10. The minimum Gasteiger partial charge on any atom is -0.143 e. The van der Waals surface area contributed by atoms with Gasteiger partial charge in [0.25, 0.3) is 0 Å². The molecular formula is C16H26S. The molecule has 1 unspecified atom stereocenters. The Morgan fingerprint density at radius 2 is 1.65 bits per heavy atom. The van der Waals surface area contributed by atoms with Crippen LogP contribution in [0.25, 0.3) is 0 Å². The summed E-state index contributed by atoms with van der Waals surface area (Å²) in [5.74, 6) is 0.894. The molecule has 0 bridgehead atoms. The van der Waals surface area contributed by atoms with Crippen molar-refractivity contribution in [3.63, 3.8) is 0 Å². The Hall–Kier alpha value is -0.430. The first-order valence-corrected chi connectivity index (χ1v) is 7.45. The first-order chi connectivity index (χ1) is 8.22. The van der Waals surface area contributed by atoms with Gasteiger partial charge in [-0.3, -0.25) is 0 Å². The molecule has 1 rings (SSSR count). The molecule has 0 heterocycles. The van der Waals surface area contributed by atoms with Crippen LogP contribution < -0.4 is 0 Å². The van der Waals surface area contributed by atoms with Crippen LogP contribution in [0.15, 0.2) is 29.2 Å². The molecular weight excluding hydrogens is 224 g/mol. The lowest BCUT2D eigenvalue weighted by Crippen LogP contribution is -1.96. The molecule has 0 aliphatic heterocycles. The van der Waals surface area contributed by atoms with Crippen LogP contribution in [-0.2, 0) is 6.42 Å². The largest absolute Gasteiger partial charge is 0.143 e. The van der Waals surface area contributed by atoms with Crippen molar-refractivity contribution in [1.29, 1.82) is 0 Å². The zero-order valence-electron chi connectivity index (χ0n) is 11.3. The number of unbranched alkanes of at least 4 members (excludes halogenated alkanes) is 2. The Morgan fingerprint density at radius 3 is 2.29 bits per heavy atom. The zero-order valence-corrected chi connectivity index (χ0v) is 12.2. The standard InChI is InChI=1S/C16H26S/c1-3-4-5-7-14(2)8-6-9-15-10-12-16(17)13-11-15/h10-14,17H,3-9H2,1-2H3. The SMILES string of the molecule is CCCCCC(C)CCCc1ccc(S)cc1. The molecule has 1 heteroatoms. The maximum absolute atomic E-state index is 4.30. The summed E-state index contributed by atoms with van der Waals surface area (Å²) in [6.07, 6.45) is 9.45. The quantitative estimate of drug-likeness (QED) is 0.456. The average molecular weight is 250 g/mol. The minimum absolute atomic E-state index is 0.894. The van der Waals surface area contributed by atoms with E-state index in [4.69, 9.17) is 0 Å². The van der Waals surface area contributed by atoms with E-state index in [-0.39, 0.29) is 0 Å². The number of thiol groups is 1. The molecule has 0 fully saturated rings. The van der Waals surface area contributed by atoms with Gasteiger partial charge in [0.15, 0.2) is 0 Å². The Labute approximate surface area is 112 Å². The van der Waals surface area contributed by atoms with Crippen molar-refractivity contribution in [1.82, 2.24) is 0 Å². The molecule has 0 amide bonds. The van der Waals surface area contributed by atoms with Crippen molar-refractivity contribution in [2.24, 2.45) is 5.92 Å². The summed E-state index contributed by atoms with van der Waals surface area (Å²) in [5.41, 5.74) is 1.45. The van der Waals surface area contributed by atoms with Gasteiger partial charge >= 0.3 is 0 Å². The van der Waals surface area contributed by atoms with E-state index in [1.807, 2.05) is 0 Å². The highest BCUT2D eigenvalue weighted by molar-refractivity contribution is 7.80. The van der Waals surface area contributed by atoms with Crippen molar-refractivity contribution < 1.29 is 0 Å². The van der Waals surface area contributed by atoms with Crippen molar-refractivity contribution in [2.75, 3.05) is 0 Å². The molecule has 17 heavy (non-hydrogen) atoms. The molecule has 0 aliphatic rings. The van der Waals surface area contributed by atoms with Gasteiger partial charge in [0.05, 0.1) is 0 Å². The van der Waals surface area contributed by atoms with Crippen molar-refractivity contribution in [3.05, 3.63) is 29.8 Å². The summed E-state index contributed by atoms with van der Waals surface area (Å²) < 4.78 is 0. The van der Waals surface area contributed by atoms with E-state index in [2.05, 4.69) is 50.7 Å². The number of hydrogen-bond acceptors (Lipinski definition) is 1. The van der Waals surface area contributed by atoms with Crippen LogP contribution in [0.1, 0.15) is 57.9 Å². The van der Waals surface area contributed by atoms with Gasteiger partial charge in [-0.15, -0.1) is 12.6 Å². The molecule has 0 nitrogen and oxygen atoms in total. The monoisotopic (exact) mass is 250 g/mol. The normalized spacial score (nSPS) is 12.6. The lowest BCUT2D eigenvalue weighted by atomic mass is 9.96. The molecule has 1 aromatic carbocycles. The van der Waals surface area contributed by atoms with Crippen molar-refractivity contribution >= 4 is 12.6 Å². The second kappa shape index (κ2) is 8.63. The predicted octanol–water partition coefficient (Wildman–Crippen LogP) is 5.51. The number of benzene rings is 1. The first kappa shape index (κ1) is 14.6. The Morgan fingerprint density at radius 1 is 1.00 bits per heavy atom. The van der Waals surface area contributed by atoms with Gasteiger partial charge in [-0.2, -0.15) is 0 Å². The highest BCUT2D eigenvalue weighted by Gasteiger charge is 2.02. The third-order valence-electron chi connectivity index (χ3n) is 3.40. The summed E-state index contributed by atoms with van der Waals surface area (Å²) in [6.45, 7) is 4.67. The van der Waals surface area contributed by atoms with Gasteiger partial charge in [0.1, 0.15) is 0 Å². The van der Waals surface area contributed by atoms with Crippen LogP contribution in [0.3, 0.4) is 0 Å². The van der Waals surface area contributed by atoms with Gasteiger partial charge in [0, 0.05) is 4.90 Å². The maximum atomic E-state index is 4.30. The fourth-order valence-electron chi connectivity index (χ4n) is 2.20. The van der Waals surface area contributed by atoms with Crippen LogP contribution >= 0.6 is 12.6 Å². The van der Waals surface area contributed by atoms with Gasteiger partial charge in [-0.25, -0.2) is 0 Å². The molecule has 0 aromatic heterocycles. The van der Waals surface area contributed by atoms with Crippen LogP contribution in [0.2, 0.25) is 0 Å². The molecule has 0 spiro atoms. The Balaban J connectivity index is 2.12. The highest BCUT2D eigenvalue weighted by Crippen LogP contribution is 2.17. The topological polar surface area (TPSA) is 0 Å². The molecule has 0 radical (unpaired) electrons. The zero-order chi connectivity index (χ0) is 12.5. The third-order valence-corrected chi connectivity index (χ3v) is 3.70. The Bertz CT molecular complexity index is 289. The van der Waals surface area contributed by atoms with Crippen molar-refractivity contribution in [2.45, 2.75) is 63.7 Å². The fourth-order valence-corrected chi connectivity index (χ4v) is 2.35. The second-order valence-electron chi connectivity index (χ2n) is 5.16. The van der Waals surface area contributed by atoms with E-state index >= 15 is 0 Å². The van der Waals surface area contributed by atoms with Crippen LogP contribution in [-0.4, -0.2) is 0 Å². The second-order valence-corrected chi connectivity index (χ2v) is 5.68. The van der Waals surface area contributed by atoms with E-state index < -0.39 is 0 Å². The van der Waals surface area contributed by atoms with Crippen LogP contribution in [0, 0.1) is 5.92 Å². The average Bonchev–Trinajstić information content (AvgIpc) is 2.32. The molecule has 0 N–H and O–H groups in total. The first-order valence-electron chi connectivity index (χ1n) is 7.00. The van der Waals surface area contributed by atoms with E-state index in [9.17, 15) is 0 Å². The minimum atomic E-state index is 0.894. The number of rotatable bonds is 8. The van der Waals surface area contributed by atoms with Crippen molar-refractivity contribution in [3.8, 4) is 0 Å². The maximum Gasteiger partial charge on any atom is 0.00401 e.